The van der Waals surface area contributed by atoms with Gasteiger partial charge >= 0.3 is 0 Å². The summed E-state index contributed by atoms with van der Waals surface area (Å²) in [7, 11) is 0. The number of nitrogens with zero attached hydrogens (tertiary/aromatic N) is 3. The highest BCUT2D eigenvalue weighted by Crippen LogP contribution is 2.45. The third kappa shape index (κ3) is 6.22. The normalized spacial score (nSPS) is 26.0. The van der Waals surface area contributed by atoms with Crippen LogP contribution in [0.15, 0.2) is 48.0 Å². The van der Waals surface area contributed by atoms with E-state index < -0.39 is 0 Å². The van der Waals surface area contributed by atoms with Crippen molar-refractivity contribution in [3.05, 3.63) is 75.3 Å². The van der Waals surface area contributed by atoms with Gasteiger partial charge in [-0.2, -0.15) is 0 Å². The summed E-state index contributed by atoms with van der Waals surface area (Å²) >= 11 is 6.21. The first-order chi connectivity index (χ1) is 20.6. The number of hydrogen-bond acceptors (Lipinski definition) is 5. The second-order valence-corrected chi connectivity index (χ2v) is 15.3. The lowest BCUT2D eigenvalue weighted by atomic mass is 9.71. The largest absolute Gasteiger partial charge is 0.299 e. The molecule has 2 amide bonds. The number of carbonyl (C=O) groups is 2. The fourth-order valence-corrected chi connectivity index (χ4v) is 8.46. The van der Waals surface area contributed by atoms with Gasteiger partial charge in [0.25, 0.3) is 0 Å². The summed E-state index contributed by atoms with van der Waals surface area (Å²) in [5.74, 6) is -0.283. The minimum atomic E-state index is -0.195. The van der Waals surface area contributed by atoms with Gasteiger partial charge in [-0.25, -0.2) is 0 Å². The maximum Gasteiger partial charge on any atom is 0.243 e. The van der Waals surface area contributed by atoms with Crippen molar-refractivity contribution in [1.82, 2.24) is 20.0 Å². The number of piperidine rings is 2. The highest BCUT2D eigenvalue weighted by Gasteiger charge is 2.45. The molecule has 0 bridgehead atoms. The SMILES string of the molecule is CC1(C)CCC(CN2CCC3(CC2)CN(Cc2ccc4c(c2)CN(C2CCC(=O)NC2=O)C4)C3)=C(c2ccc(Cl)cc2)C1. The Kier molecular flexibility index (Phi) is 7.78. The van der Waals surface area contributed by atoms with E-state index in [4.69, 9.17) is 11.6 Å². The summed E-state index contributed by atoms with van der Waals surface area (Å²) in [5.41, 5.74) is 9.41. The molecule has 5 aliphatic rings. The molecule has 0 aromatic heterocycles. The van der Waals surface area contributed by atoms with Crippen molar-refractivity contribution in [3.8, 4) is 0 Å². The molecule has 4 aliphatic heterocycles. The van der Waals surface area contributed by atoms with Gasteiger partial charge in [0.1, 0.15) is 0 Å². The number of halogens is 1. The number of allylic oxidation sites excluding steroid dienone is 1. The summed E-state index contributed by atoms with van der Waals surface area (Å²) in [6.07, 6.45) is 7.26. The Morgan fingerprint density at radius 2 is 1.63 bits per heavy atom. The number of amides is 2. The van der Waals surface area contributed by atoms with Crippen molar-refractivity contribution >= 4 is 29.0 Å². The Balaban J connectivity index is 0.918. The Morgan fingerprint density at radius 3 is 2.37 bits per heavy atom. The van der Waals surface area contributed by atoms with Crippen molar-refractivity contribution < 1.29 is 9.59 Å². The van der Waals surface area contributed by atoms with Crippen LogP contribution in [0.5, 0.6) is 0 Å². The number of nitrogens with one attached hydrogen (secondary N) is 1. The minimum Gasteiger partial charge on any atom is -0.299 e. The summed E-state index contributed by atoms with van der Waals surface area (Å²) < 4.78 is 0. The quantitative estimate of drug-likeness (QED) is 0.411. The molecule has 3 saturated heterocycles. The molecular weight excluding hydrogens is 556 g/mol. The molecule has 4 heterocycles. The van der Waals surface area contributed by atoms with Crippen LogP contribution in [0.4, 0.5) is 0 Å². The number of likely N-dealkylation sites (tertiary alicyclic amines) is 2. The van der Waals surface area contributed by atoms with Crippen molar-refractivity contribution in [2.24, 2.45) is 10.8 Å². The van der Waals surface area contributed by atoms with Gasteiger partial charge in [0.15, 0.2) is 0 Å². The van der Waals surface area contributed by atoms with E-state index in [1.54, 1.807) is 11.1 Å². The van der Waals surface area contributed by atoms with Gasteiger partial charge in [0, 0.05) is 50.7 Å². The molecule has 2 aromatic rings. The average Bonchev–Trinajstić information content (AvgIpc) is 3.37. The predicted octanol–water partition coefficient (Wildman–Crippen LogP) is 6.02. The van der Waals surface area contributed by atoms with Crippen LogP contribution in [0.1, 0.15) is 81.0 Å². The number of benzene rings is 2. The summed E-state index contributed by atoms with van der Waals surface area (Å²) in [5, 5.41) is 3.32. The van der Waals surface area contributed by atoms with Crippen LogP contribution in [0.25, 0.3) is 5.57 Å². The Labute approximate surface area is 261 Å². The van der Waals surface area contributed by atoms with Crippen LogP contribution in [-0.4, -0.2) is 65.3 Å². The van der Waals surface area contributed by atoms with E-state index in [-0.39, 0.29) is 17.9 Å². The van der Waals surface area contributed by atoms with E-state index in [9.17, 15) is 9.59 Å². The molecule has 6 nitrogen and oxygen atoms in total. The second kappa shape index (κ2) is 11.4. The maximum atomic E-state index is 12.4. The molecule has 1 unspecified atom stereocenters. The number of rotatable bonds is 6. The number of fused-ring (bicyclic) bond motifs is 1. The molecule has 7 rings (SSSR count). The number of hydrogen-bond donors (Lipinski definition) is 1. The first kappa shape index (κ1) is 29.2. The topological polar surface area (TPSA) is 55.9 Å². The van der Waals surface area contributed by atoms with E-state index >= 15 is 0 Å². The molecule has 1 atom stereocenters. The number of imide groups is 1. The molecule has 3 fully saturated rings. The molecule has 228 valence electrons. The molecule has 0 radical (unpaired) electrons. The smallest absolute Gasteiger partial charge is 0.243 e. The summed E-state index contributed by atoms with van der Waals surface area (Å²) in [4.78, 5) is 31.5. The van der Waals surface area contributed by atoms with Crippen LogP contribution < -0.4 is 5.32 Å². The van der Waals surface area contributed by atoms with Crippen molar-refractivity contribution in [2.45, 2.75) is 84.5 Å². The Morgan fingerprint density at radius 1 is 0.884 bits per heavy atom. The van der Waals surface area contributed by atoms with Crippen molar-refractivity contribution in [1.29, 1.82) is 0 Å². The average molecular weight is 601 g/mol. The molecule has 1 aliphatic carbocycles. The van der Waals surface area contributed by atoms with Crippen molar-refractivity contribution in [3.63, 3.8) is 0 Å². The van der Waals surface area contributed by atoms with Gasteiger partial charge in [-0.15, -0.1) is 0 Å². The van der Waals surface area contributed by atoms with Gasteiger partial charge < -0.3 is 0 Å². The zero-order chi connectivity index (χ0) is 29.8. The van der Waals surface area contributed by atoms with E-state index in [1.165, 1.54) is 74.1 Å². The lowest BCUT2D eigenvalue weighted by Crippen LogP contribution is -2.59. The zero-order valence-electron chi connectivity index (χ0n) is 25.8. The lowest BCUT2D eigenvalue weighted by molar-refractivity contribution is -0.137. The number of carbonyl (C=O) groups excluding carboxylic acids is 2. The second-order valence-electron chi connectivity index (χ2n) is 14.8. The van der Waals surface area contributed by atoms with Crippen LogP contribution >= 0.6 is 11.6 Å². The highest BCUT2D eigenvalue weighted by molar-refractivity contribution is 6.30. The minimum absolute atomic E-state index is 0.136. The monoisotopic (exact) mass is 600 g/mol. The third-order valence-electron chi connectivity index (χ3n) is 10.9. The fourth-order valence-electron chi connectivity index (χ4n) is 8.33. The molecule has 1 N–H and O–H groups in total. The van der Waals surface area contributed by atoms with Gasteiger partial charge in [0.05, 0.1) is 6.04 Å². The molecule has 7 heteroatoms. The predicted molar refractivity (Wildman–Crippen MR) is 171 cm³/mol. The van der Waals surface area contributed by atoms with E-state index in [1.807, 2.05) is 12.1 Å². The van der Waals surface area contributed by atoms with E-state index in [0.717, 1.165) is 37.6 Å². The standard InChI is InChI=1S/C36H45ClN4O2/c1-35(2)12-11-28(31(18-35)26-5-7-30(37)8-6-26)20-39-15-13-36(14-16-39)23-40(24-36)19-25-3-4-27-21-41(22-29(27)17-25)32-9-10-33(42)38-34(32)43/h3-8,17,32H,9-16,18-24H2,1-2H3,(H,38,42,43). The van der Waals surface area contributed by atoms with Gasteiger partial charge in [-0.1, -0.05) is 61.4 Å². The summed E-state index contributed by atoms with van der Waals surface area (Å²) in [6, 6.07) is 15.2. The molecule has 0 saturated carbocycles. The third-order valence-corrected chi connectivity index (χ3v) is 11.2. The summed E-state index contributed by atoms with van der Waals surface area (Å²) in [6.45, 7) is 13.3. The van der Waals surface area contributed by atoms with Crippen molar-refractivity contribution in [2.75, 3.05) is 32.7 Å². The Bertz CT molecular complexity index is 1430. The molecule has 1 spiro atoms. The zero-order valence-corrected chi connectivity index (χ0v) is 26.5. The van der Waals surface area contributed by atoms with E-state index in [2.05, 4.69) is 64.2 Å². The molecular formula is C36H45ClN4O2. The highest BCUT2D eigenvalue weighted by atomic mass is 35.5. The molecule has 43 heavy (non-hydrogen) atoms. The van der Waals surface area contributed by atoms with Gasteiger partial charge in [-0.3, -0.25) is 29.6 Å². The first-order valence-electron chi connectivity index (χ1n) is 16.2. The van der Waals surface area contributed by atoms with Crippen LogP contribution in [0.3, 0.4) is 0 Å². The molecule has 2 aromatic carbocycles. The van der Waals surface area contributed by atoms with Gasteiger partial charge in [-0.05, 0) is 102 Å². The van der Waals surface area contributed by atoms with E-state index in [0.29, 0.717) is 23.7 Å². The van der Waals surface area contributed by atoms with Crippen LogP contribution in [0, 0.1) is 10.8 Å². The first-order valence-corrected chi connectivity index (χ1v) is 16.6. The fraction of sp³-hybridized carbons (Fsp3) is 0.556. The Hall–Kier alpha value is -2.51. The van der Waals surface area contributed by atoms with Gasteiger partial charge in [0.2, 0.25) is 11.8 Å². The lowest BCUT2D eigenvalue weighted by Gasteiger charge is -2.54. The van der Waals surface area contributed by atoms with Crippen LogP contribution in [0.2, 0.25) is 5.02 Å². The van der Waals surface area contributed by atoms with Crippen LogP contribution in [-0.2, 0) is 29.2 Å². The maximum absolute atomic E-state index is 12.4.